The maximum atomic E-state index is 12.1. The van der Waals surface area contributed by atoms with Crippen LogP contribution < -0.4 is 11.1 Å². The molecule has 0 bridgehead atoms. The van der Waals surface area contributed by atoms with Crippen LogP contribution in [0.3, 0.4) is 0 Å². The van der Waals surface area contributed by atoms with Crippen LogP contribution in [0.1, 0.15) is 42.1 Å². The van der Waals surface area contributed by atoms with E-state index in [1.165, 1.54) is 19.3 Å². The SMILES string of the molecule is CC1CCCC1CNC(=O)c1cccc(/C(N)=N/O)c1. The van der Waals surface area contributed by atoms with Crippen molar-refractivity contribution in [1.29, 1.82) is 0 Å². The molecule has 0 aliphatic heterocycles. The van der Waals surface area contributed by atoms with Gasteiger partial charge in [-0.2, -0.15) is 0 Å². The summed E-state index contributed by atoms with van der Waals surface area (Å²) in [6.07, 6.45) is 3.69. The fourth-order valence-electron chi connectivity index (χ4n) is 2.73. The van der Waals surface area contributed by atoms with E-state index in [9.17, 15) is 4.79 Å². The molecular formula is C15H21N3O2. The summed E-state index contributed by atoms with van der Waals surface area (Å²) >= 11 is 0. The molecule has 5 heteroatoms. The zero-order chi connectivity index (χ0) is 14.5. The lowest BCUT2D eigenvalue weighted by Crippen LogP contribution is -2.30. The molecule has 0 spiro atoms. The number of nitrogens with two attached hydrogens (primary N) is 1. The highest BCUT2D eigenvalue weighted by molar-refractivity contribution is 6.01. The van der Waals surface area contributed by atoms with Gasteiger partial charge in [-0.25, -0.2) is 0 Å². The van der Waals surface area contributed by atoms with Crippen LogP contribution in [0.5, 0.6) is 0 Å². The Hall–Kier alpha value is -2.04. The average Bonchev–Trinajstić information content (AvgIpc) is 2.89. The van der Waals surface area contributed by atoms with Crippen LogP contribution in [0, 0.1) is 11.8 Å². The highest BCUT2D eigenvalue weighted by atomic mass is 16.4. The van der Waals surface area contributed by atoms with E-state index in [1.54, 1.807) is 24.3 Å². The zero-order valence-corrected chi connectivity index (χ0v) is 11.7. The Morgan fingerprint density at radius 3 is 2.85 bits per heavy atom. The van der Waals surface area contributed by atoms with Crippen LogP contribution in [-0.2, 0) is 0 Å². The van der Waals surface area contributed by atoms with E-state index in [1.807, 2.05) is 0 Å². The van der Waals surface area contributed by atoms with Crippen molar-refractivity contribution in [3.63, 3.8) is 0 Å². The Morgan fingerprint density at radius 2 is 2.20 bits per heavy atom. The van der Waals surface area contributed by atoms with Crippen molar-refractivity contribution in [3.8, 4) is 0 Å². The monoisotopic (exact) mass is 275 g/mol. The van der Waals surface area contributed by atoms with Gasteiger partial charge < -0.3 is 16.3 Å². The molecule has 1 aliphatic rings. The van der Waals surface area contributed by atoms with Gasteiger partial charge in [-0.1, -0.05) is 37.1 Å². The van der Waals surface area contributed by atoms with Gasteiger partial charge >= 0.3 is 0 Å². The van der Waals surface area contributed by atoms with E-state index < -0.39 is 0 Å². The lowest BCUT2D eigenvalue weighted by Gasteiger charge is -2.16. The summed E-state index contributed by atoms with van der Waals surface area (Å²) in [5, 5.41) is 14.6. The number of carbonyl (C=O) groups is 1. The number of amides is 1. The third kappa shape index (κ3) is 3.29. The molecule has 1 aliphatic carbocycles. The fourth-order valence-corrected chi connectivity index (χ4v) is 2.73. The summed E-state index contributed by atoms with van der Waals surface area (Å²) in [5.41, 5.74) is 6.59. The Balaban J connectivity index is 1.98. The number of hydrogen-bond donors (Lipinski definition) is 3. The molecule has 1 amide bonds. The normalized spacial score (nSPS) is 22.8. The van der Waals surface area contributed by atoms with E-state index in [-0.39, 0.29) is 11.7 Å². The van der Waals surface area contributed by atoms with Crippen LogP contribution >= 0.6 is 0 Å². The first-order chi connectivity index (χ1) is 9.61. The smallest absolute Gasteiger partial charge is 0.251 e. The predicted octanol–water partition coefficient (Wildman–Crippen LogP) is 1.95. The Bertz CT molecular complexity index is 514. The topological polar surface area (TPSA) is 87.7 Å². The van der Waals surface area contributed by atoms with Crippen molar-refractivity contribution in [2.24, 2.45) is 22.7 Å². The molecule has 1 aromatic carbocycles. The minimum Gasteiger partial charge on any atom is -0.409 e. The zero-order valence-electron chi connectivity index (χ0n) is 11.7. The number of carbonyl (C=O) groups excluding carboxylic acids is 1. The Labute approximate surface area is 118 Å². The predicted molar refractivity (Wildman–Crippen MR) is 77.8 cm³/mol. The summed E-state index contributed by atoms with van der Waals surface area (Å²) in [7, 11) is 0. The largest absolute Gasteiger partial charge is 0.409 e. The molecule has 4 N–H and O–H groups in total. The van der Waals surface area contributed by atoms with Gasteiger partial charge in [-0.05, 0) is 30.4 Å². The van der Waals surface area contributed by atoms with E-state index in [0.717, 1.165) is 0 Å². The van der Waals surface area contributed by atoms with Crippen molar-refractivity contribution in [3.05, 3.63) is 35.4 Å². The third-order valence-corrected chi connectivity index (χ3v) is 4.09. The number of benzene rings is 1. The maximum Gasteiger partial charge on any atom is 0.251 e. The van der Waals surface area contributed by atoms with Crippen LogP contribution in [0.25, 0.3) is 0 Å². The van der Waals surface area contributed by atoms with Crippen molar-refractivity contribution < 1.29 is 10.0 Å². The molecule has 0 aromatic heterocycles. The molecule has 108 valence electrons. The van der Waals surface area contributed by atoms with Gasteiger partial charge in [0.2, 0.25) is 0 Å². The van der Waals surface area contributed by atoms with E-state index in [0.29, 0.717) is 29.5 Å². The minimum atomic E-state index is -0.114. The summed E-state index contributed by atoms with van der Waals surface area (Å²) in [6.45, 7) is 2.96. The van der Waals surface area contributed by atoms with Crippen molar-refractivity contribution in [1.82, 2.24) is 5.32 Å². The van der Waals surface area contributed by atoms with Crippen molar-refractivity contribution >= 4 is 11.7 Å². The van der Waals surface area contributed by atoms with Crippen LogP contribution in [0.15, 0.2) is 29.4 Å². The molecule has 0 saturated heterocycles. The molecule has 2 rings (SSSR count). The fraction of sp³-hybridized carbons (Fsp3) is 0.467. The van der Waals surface area contributed by atoms with Crippen LogP contribution in [-0.4, -0.2) is 23.5 Å². The lowest BCUT2D eigenvalue weighted by molar-refractivity contribution is 0.0944. The first-order valence-corrected chi connectivity index (χ1v) is 6.98. The molecule has 1 fully saturated rings. The Kier molecular flexibility index (Phi) is 4.61. The van der Waals surface area contributed by atoms with Gasteiger partial charge in [0.05, 0.1) is 0 Å². The Morgan fingerprint density at radius 1 is 1.45 bits per heavy atom. The quantitative estimate of drug-likeness (QED) is 0.339. The van der Waals surface area contributed by atoms with E-state index >= 15 is 0 Å². The molecule has 0 radical (unpaired) electrons. The number of amidine groups is 1. The summed E-state index contributed by atoms with van der Waals surface area (Å²) in [5.74, 6) is 1.14. The molecule has 2 atom stereocenters. The van der Waals surface area contributed by atoms with Crippen molar-refractivity contribution in [2.75, 3.05) is 6.54 Å². The molecule has 1 aromatic rings. The van der Waals surface area contributed by atoms with E-state index in [2.05, 4.69) is 17.4 Å². The van der Waals surface area contributed by atoms with Crippen LogP contribution in [0.4, 0.5) is 0 Å². The summed E-state index contributed by atoms with van der Waals surface area (Å²) in [6, 6.07) is 6.77. The first-order valence-electron chi connectivity index (χ1n) is 6.98. The summed E-state index contributed by atoms with van der Waals surface area (Å²) in [4.78, 5) is 12.1. The first kappa shape index (κ1) is 14.4. The maximum absolute atomic E-state index is 12.1. The van der Waals surface area contributed by atoms with Gasteiger partial charge in [-0.3, -0.25) is 4.79 Å². The van der Waals surface area contributed by atoms with Gasteiger partial charge in [0.1, 0.15) is 0 Å². The number of nitrogens with zero attached hydrogens (tertiary/aromatic N) is 1. The number of oxime groups is 1. The lowest BCUT2D eigenvalue weighted by atomic mass is 9.98. The second-order valence-electron chi connectivity index (χ2n) is 5.44. The molecule has 0 heterocycles. The molecule has 2 unspecified atom stereocenters. The standard InChI is InChI=1S/C15H21N3O2/c1-10-4-2-7-13(10)9-17-15(19)12-6-3-5-11(8-12)14(16)18-20/h3,5-6,8,10,13,20H,2,4,7,9H2,1H3,(H2,16,18)(H,17,19). The highest BCUT2D eigenvalue weighted by Crippen LogP contribution is 2.30. The second kappa shape index (κ2) is 6.41. The number of nitrogens with one attached hydrogen (secondary N) is 1. The second-order valence-corrected chi connectivity index (χ2v) is 5.44. The highest BCUT2D eigenvalue weighted by Gasteiger charge is 2.23. The number of rotatable bonds is 4. The number of hydrogen-bond acceptors (Lipinski definition) is 3. The third-order valence-electron chi connectivity index (χ3n) is 4.09. The molecule has 5 nitrogen and oxygen atoms in total. The van der Waals surface area contributed by atoms with Gasteiger partial charge in [0, 0.05) is 17.7 Å². The molecular weight excluding hydrogens is 254 g/mol. The van der Waals surface area contributed by atoms with E-state index in [4.69, 9.17) is 10.9 Å². The van der Waals surface area contributed by atoms with Gasteiger partial charge in [-0.15, -0.1) is 0 Å². The van der Waals surface area contributed by atoms with Gasteiger partial charge in [0.25, 0.3) is 5.91 Å². The molecule has 20 heavy (non-hydrogen) atoms. The molecule has 1 saturated carbocycles. The summed E-state index contributed by atoms with van der Waals surface area (Å²) < 4.78 is 0. The minimum absolute atomic E-state index is 0.00376. The van der Waals surface area contributed by atoms with Crippen molar-refractivity contribution in [2.45, 2.75) is 26.2 Å². The van der Waals surface area contributed by atoms with Gasteiger partial charge in [0.15, 0.2) is 5.84 Å². The van der Waals surface area contributed by atoms with Crippen LogP contribution in [0.2, 0.25) is 0 Å². The average molecular weight is 275 g/mol.